The van der Waals surface area contributed by atoms with E-state index >= 15 is 0 Å². The van der Waals surface area contributed by atoms with Gasteiger partial charge in [-0.3, -0.25) is 4.98 Å². The van der Waals surface area contributed by atoms with Crippen molar-refractivity contribution in [2.45, 2.75) is 6.54 Å². The number of H-pyrrole nitrogens is 2. The first kappa shape index (κ1) is 9.84. The van der Waals surface area contributed by atoms with E-state index in [1.165, 1.54) is 0 Å². The van der Waals surface area contributed by atoms with Gasteiger partial charge in [-0.1, -0.05) is 0 Å². The van der Waals surface area contributed by atoms with Crippen molar-refractivity contribution in [3.63, 3.8) is 0 Å². The summed E-state index contributed by atoms with van der Waals surface area (Å²) in [5.74, 6) is 1.13. The predicted molar refractivity (Wildman–Crippen MR) is 56.3 cm³/mol. The molecule has 2 heterocycles. The third-order valence-electron chi connectivity index (χ3n) is 1.61. The number of rotatable bonds is 3. The standard InChI is InChI=1S/C7H7BrN6O/c8-4-1-10-5(2-9-4)11-3-6-12-7(15)14-13-6/h1-2H,3H2,(H,10,11)(H2,12,13,14,15). The van der Waals surface area contributed by atoms with Crippen LogP contribution in [0.15, 0.2) is 21.8 Å². The molecule has 8 heteroatoms. The first-order chi connectivity index (χ1) is 7.24. The minimum atomic E-state index is -0.325. The quantitative estimate of drug-likeness (QED) is 0.743. The molecule has 0 unspecified atom stereocenters. The molecule has 0 spiro atoms. The van der Waals surface area contributed by atoms with Crippen molar-refractivity contribution in [1.29, 1.82) is 0 Å². The second-order valence-corrected chi connectivity index (χ2v) is 3.51. The fraction of sp³-hybridized carbons (Fsp3) is 0.143. The summed E-state index contributed by atoms with van der Waals surface area (Å²) in [6.07, 6.45) is 3.16. The van der Waals surface area contributed by atoms with E-state index in [-0.39, 0.29) is 5.69 Å². The van der Waals surface area contributed by atoms with Gasteiger partial charge in [0.25, 0.3) is 0 Å². The van der Waals surface area contributed by atoms with E-state index in [0.29, 0.717) is 22.8 Å². The monoisotopic (exact) mass is 270 g/mol. The number of aromatic amines is 2. The van der Waals surface area contributed by atoms with Crippen LogP contribution in [0.5, 0.6) is 0 Å². The van der Waals surface area contributed by atoms with Crippen LogP contribution in [0, 0.1) is 0 Å². The highest BCUT2D eigenvalue weighted by molar-refractivity contribution is 9.10. The van der Waals surface area contributed by atoms with Gasteiger partial charge in [0, 0.05) is 0 Å². The van der Waals surface area contributed by atoms with Gasteiger partial charge in [0.15, 0.2) is 0 Å². The molecule has 0 bridgehead atoms. The van der Waals surface area contributed by atoms with Crippen LogP contribution in [0.1, 0.15) is 5.82 Å². The highest BCUT2D eigenvalue weighted by Crippen LogP contribution is 2.06. The van der Waals surface area contributed by atoms with Crippen LogP contribution >= 0.6 is 15.9 Å². The second-order valence-electron chi connectivity index (χ2n) is 2.70. The van der Waals surface area contributed by atoms with Crippen molar-refractivity contribution in [3.8, 4) is 0 Å². The Morgan fingerprint density at radius 2 is 2.27 bits per heavy atom. The molecule has 0 radical (unpaired) electrons. The molecular weight excluding hydrogens is 264 g/mol. The van der Waals surface area contributed by atoms with Crippen LogP contribution in [0.25, 0.3) is 0 Å². The number of hydrogen-bond acceptors (Lipinski definition) is 5. The number of halogens is 1. The minimum Gasteiger partial charge on any atom is -0.361 e. The number of hydrogen-bond donors (Lipinski definition) is 3. The van der Waals surface area contributed by atoms with E-state index < -0.39 is 0 Å². The Kier molecular flexibility index (Phi) is 2.77. The van der Waals surface area contributed by atoms with Crippen LogP contribution in [0.3, 0.4) is 0 Å². The molecule has 0 aliphatic rings. The molecule has 2 rings (SSSR count). The van der Waals surface area contributed by atoms with Gasteiger partial charge in [0.05, 0.1) is 18.9 Å². The summed E-state index contributed by atoms with van der Waals surface area (Å²) in [7, 11) is 0. The lowest BCUT2D eigenvalue weighted by atomic mass is 10.5. The van der Waals surface area contributed by atoms with Crippen LogP contribution < -0.4 is 11.0 Å². The van der Waals surface area contributed by atoms with Crippen molar-refractivity contribution in [3.05, 3.63) is 33.3 Å². The Balaban J connectivity index is 1.99. The van der Waals surface area contributed by atoms with Gasteiger partial charge in [-0.05, 0) is 15.9 Å². The first-order valence-electron chi connectivity index (χ1n) is 4.09. The van der Waals surface area contributed by atoms with Gasteiger partial charge in [-0.15, -0.1) is 0 Å². The van der Waals surface area contributed by atoms with Gasteiger partial charge in [-0.2, -0.15) is 5.10 Å². The second kappa shape index (κ2) is 4.22. The molecule has 2 aromatic rings. The first-order valence-corrected chi connectivity index (χ1v) is 4.88. The summed E-state index contributed by atoms with van der Waals surface area (Å²) < 4.78 is 0.668. The zero-order valence-corrected chi connectivity index (χ0v) is 9.08. The maximum absolute atomic E-state index is 10.7. The average molecular weight is 271 g/mol. The number of aromatic nitrogens is 5. The molecule has 0 saturated heterocycles. The molecular formula is C7H7BrN6O. The predicted octanol–water partition coefficient (Wildman–Crippen LogP) is 0.263. The van der Waals surface area contributed by atoms with Gasteiger partial charge in [0.1, 0.15) is 16.2 Å². The summed E-state index contributed by atoms with van der Waals surface area (Å²) in [5.41, 5.74) is -0.325. The van der Waals surface area contributed by atoms with Gasteiger partial charge in [0.2, 0.25) is 0 Å². The number of anilines is 1. The number of nitrogens with one attached hydrogen (secondary N) is 3. The van der Waals surface area contributed by atoms with Crippen molar-refractivity contribution in [1.82, 2.24) is 25.1 Å². The van der Waals surface area contributed by atoms with E-state index in [1.807, 2.05) is 0 Å². The van der Waals surface area contributed by atoms with Crippen molar-refractivity contribution in [2.24, 2.45) is 0 Å². The molecule has 0 atom stereocenters. The lowest BCUT2D eigenvalue weighted by Gasteiger charge is -2.01. The van der Waals surface area contributed by atoms with Crippen LogP contribution in [0.2, 0.25) is 0 Å². The summed E-state index contributed by atoms with van der Waals surface area (Å²) >= 11 is 3.18. The van der Waals surface area contributed by atoms with Crippen LogP contribution in [0.4, 0.5) is 5.82 Å². The fourth-order valence-corrected chi connectivity index (χ4v) is 1.17. The molecule has 78 valence electrons. The summed E-state index contributed by atoms with van der Waals surface area (Å²) in [5, 5.41) is 8.96. The third kappa shape index (κ3) is 2.62. The van der Waals surface area contributed by atoms with Crippen molar-refractivity contribution in [2.75, 3.05) is 5.32 Å². The lowest BCUT2D eigenvalue weighted by molar-refractivity contribution is 0.943. The topological polar surface area (TPSA) is 99.3 Å². The lowest BCUT2D eigenvalue weighted by Crippen LogP contribution is -2.05. The zero-order valence-electron chi connectivity index (χ0n) is 7.49. The molecule has 7 nitrogen and oxygen atoms in total. The third-order valence-corrected chi connectivity index (χ3v) is 2.02. The Morgan fingerprint density at radius 1 is 1.40 bits per heavy atom. The van der Waals surface area contributed by atoms with Crippen molar-refractivity contribution < 1.29 is 0 Å². The van der Waals surface area contributed by atoms with Gasteiger partial charge >= 0.3 is 5.69 Å². The maximum atomic E-state index is 10.7. The molecule has 0 aromatic carbocycles. The molecule has 0 aliphatic heterocycles. The summed E-state index contributed by atoms with van der Waals surface area (Å²) in [6, 6.07) is 0. The molecule has 3 N–H and O–H groups in total. The Morgan fingerprint density at radius 3 is 2.87 bits per heavy atom. The van der Waals surface area contributed by atoms with Crippen molar-refractivity contribution >= 4 is 21.7 Å². The smallest absolute Gasteiger partial charge is 0.340 e. The van der Waals surface area contributed by atoms with Crippen LogP contribution in [-0.4, -0.2) is 25.1 Å². The van der Waals surface area contributed by atoms with E-state index in [0.717, 1.165) is 0 Å². The van der Waals surface area contributed by atoms with E-state index in [2.05, 4.69) is 46.4 Å². The maximum Gasteiger partial charge on any atom is 0.340 e. The highest BCUT2D eigenvalue weighted by Gasteiger charge is 1.98. The minimum absolute atomic E-state index is 0.325. The van der Waals surface area contributed by atoms with E-state index in [9.17, 15) is 4.79 Å². The Hall–Kier alpha value is -1.70. The highest BCUT2D eigenvalue weighted by atomic mass is 79.9. The largest absolute Gasteiger partial charge is 0.361 e. The number of nitrogens with zero attached hydrogens (tertiary/aromatic N) is 3. The molecule has 0 fully saturated rings. The molecule has 2 aromatic heterocycles. The summed E-state index contributed by atoms with van der Waals surface area (Å²) in [4.78, 5) is 21.3. The van der Waals surface area contributed by atoms with E-state index in [4.69, 9.17) is 0 Å². The zero-order chi connectivity index (χ0) is 10.7. The normalized spacial score (nSPS) is 10.2. The van der Waals surface area contributed by atoms with Gasteiger partial charge in [-0.25, -0.2) is 19.9 Å². The molecule has 0 amide bonds. The van der Waals surface area contributed by atoms with Gasteiger partial charge < -0.3 is 5.32 Å². The fourth-order valence-electron chi connectivity index (χ4n) is 0.967. The summed E-state index contributed by atoms with van der Waals surface area (Å²) in [6.45, 7) is 0.384. The van der Waals surface area contributed by atoms with E-state index in [1.54, 1.807) is 12.4 Å². The molecule has 15 heavy (non-hydrogen) atoms. The van der Waals surface area contributed by atoms with Crippen LogP contribution in [-0.2, 0) is 6.54 Å². The molecule has 0 saturated carbocycles. The Bertz CT molecular complexity index is 489. The SMILES string of the molecule is O=c1[nH]nc(CNc2cnc(Br)cn2)[nH]1. The average Bonchev–Trinajstić information content (AvgIpc) is 2.64. The molecule has 0 aliphatic carbocycles. The Labute approximate surface area is 92.5 Å².